The van der Waals surface area contributed by atoms with Gasteiger partial charge in [-0.1, -0.05) is 23.7 Å². The number of halogens is 1. The zero-order chi connectivity index (χ0) is 19.0. The van der Waals surface area contributed by atoms with E-state index >= 15 is 0 Å². The van der Waals surface area contributed by atoms with Crippen molar-refractivity contribution in [3.63, 3.8) is 0 Å². The van der Waals surface area contributed by atoms with E-state index in [0.29, 0.717) is 5.02 Å². The van der Waals surface area contributed by atoms with Crippen molar-refractivity contribution < 1.29 is 14.3 Å². The molecule has 1 aliphatic rings. The Morgan fingerprint density at radius 2 is 1.93 bits per heavy atom. The molecule has 0 saturated carbocycles. The van der Waals surface area contributed by atoms with Gasteiger partial charge >= 0.3 is 5.97 Å². The number of aromatic nitrogens is 1. The number of fused-ring (bicyclic) bond motifs is 3. The van der Waals surface area contributed by atoms with Crippen LogP contribution in [0.15, 0.2) is 65.7 Å². The molecular weight excluding hydrogens is 382 g/mol. The minimum Gasteiger partial charge on any atom is -0.497 e. The maximum Gasteiger partial charge on any atom is 0.303 e. The number of esters is 1. The minimum atomic E-state index is -0.429. The number of hydrogen-bond donors (Lipinski definition) is 0. The molecule has 2 heterocycles. The van der Waals surface area contributed by atoms with Gasteiger partial charge in [0.25, 0.3) is 0 Å². The van der Waals surface area contributed by atoms with E-state index in [0.717, 1.165) is 27.6 Å². The lowest BCUT2D eigenvalue weighted by molar-refractivity contribution is -0.147. The predicted octanol–water partition coefficient (Wildman–Crippen LogP) is 5.59. The molecule has 0 N–H and O–H groups in total. The van der Waals surface area contributed by atoms with E-state index in [1.165, 1.54) is 6.92 Å². The molecule has 2 atom stereocenters. The summed E-state index contributed by atoms with van der Waals surface area (Å²) in [5.41, 5.74) is 3.00. The van der Waals surface area contributed by atoms with Crippen molar-refractivity contribution in [2.24, 2.45) is 0 Å². The Labute approximate surface area is 167 Å². The van der Waals surface area contributed by atoms with Crippen molar-refractivity contribution in [1.29, 1.82) is 0 Å². The number of benzene rings is 2. The molecule has 1 aromatic heterocycles. The molecule has 0 amide bonds. The van der Waals surface area contributed by atoms with Gasteiger partial charge in [-0.3, -0.25) is 4.79 Å². The highest BCUT2D eigenvalue weighted by Gasteiger charge is 2.34. The molecule has 0 fully saturated rings. The second kappa shape index (κ2) is 7.33. The summed E-state index contributed by atoms with van der Waals surface area (Å²) in [6, 6.07) is 17.6. The van der Waals surface area contributed by atoms with Crippen molar-refractivity contribution >= 4 is 29.3 Å². The Kier molecular flexibility index (Phi) is 4.89. The van der Waals surface area contributed by atoms with E-state index in [9.17, 15) is 4.79 Å². The zero-order valence-electron chi connectivity index (χ0n) is 14.9. The molecular formula is C21H18ClNO3S. The molecule has 0 radical (unpaired) electrons. The van der Waals surface area contributed by atoms with E-state index in [1.807, 2.05) is 60.8 Å². The minimum absolute atomic E-state index is 0.117. The Hall–Kier alpha value is -2.37. The first-order valence-corrected chi connectivity index (χ1v) is 9.77. The summed E-state index contributed by atoms with van der Waals surface area (Å²) >= 11 is 7.91. The first-order chi connectivity index (χ1) is 13.1. The van der Waals surface area contributed by atoms with Crippen molar-refractivity contribution in [3.05, 3.63) is 77.1 Å². The van der Waals surface area contributed by atoms with Gasteiger partial charge in [-0.2, -0.15) is 0 Å². The van der Waals surface area contributed by atoms with Gasteiger partial charge in [0, 0.05) is 23.0 Å². The average Bonchev–Trinajstić information content (AvgIpc) is 3.10. The predicted molar refractivity (Wildman–Crippen MR) is 107 cm³/mol. The highest BCUT2D eigenvalue weighted by Crippen LogP contribution is 2.51. The number of methoxy groups -OCH3 is 1. The lowest BCUT2D eigenvalue weighted by Gasteiger charge is -2.25. The standard InChI is InChI=1S/C21H18ClNO3S/c1-13(24)26-20-18-4-3-11-23(18)17-10-7-15(22)12-19(17)27-21(20)14-5-8-16(25-2)9-6-14/h3-12,20-21H,1-2H3/t20-,21+/m0/s1. The highest BCUT2D eigenvalue weighted by molar-refractivity contribution is 7.99. The second-order valence-electron chi connectivity index (χ2n) is 6.26. The molecule has 2 aromatic carbocycles. The van der Waals surface area contributed by atoms with Gasteiger partial charge in [0.15, 0.2) is 6.10 Å². The molecule has 138 valence electrons. The normalized spacial score (nSPS) is 18.2. The monoisotopic (exact) mass is 399 g/mol. The fourth-order valence-corrected chi connectivity index (χ4v) is 4.92. The topological polar surface area (TPSA) is 40.5 Å². The molecule has 0 unspecified atom stereocenters. The van der Waals surface area contributed by atoms with Crippen LogP contribution in [-0.2, 0) is 9.53 Å². The van der Waals surface area contributed by atoms with Gasteiger partial charge in [0.05, 0.1) is 23.7 Å². The van der Waals surface area contributed by atoms with E-state index in [4.69, 9.17) is 21.1 Å². The summed E-state index contributed by atoms with van der Waals surface area (Å²) in [6.07, 6.45) is 1.55. The molecule has 4 rings (SSSR count). The van der Waals surface area contributed by atoms with Crippen LogP contribution in [0.25, 0.3) is 5.69 Å². The third-order valence-electron chi connectivity index (χ3n) is 4.52. The molecule has 27 heavy (non-hydrogen) atoms. The second-order valence-corrected chi connectivity index (χ2v) is 7.88. The summed E-state index contributed by atoms with van der Waals surface area (Å²) in [5, 5.41) is 0.558. The summed E-state index contributed by atoms with van der Waals surface area (Å²) in [6.45, 7) is 1.44. The summed E-state index contributed by atoms with van der Waals surface area (Å²) in [4.78, 5) is 12.9. The van der Waals surface area contributed by atoms with E-state index in [1.54, 1.807) is 18.9 Å². The Morgan fingerprint density at radius 3 is 2.63 bits per heavy atom. The first kappa shape index (κ1) is 18.0. The van der Waals surface area contributed by atoms with Gasteiger partial charge in [-0.25, -0.2) is 0 Å². The lowest BCUT2D eigenvalue weighted by atomic mass is 10.0. The summed E-state index contributed by atoms with van der Waals surface area (Å²) < 4.78 is 13.1. The van der Waals surface area contributed by atoms with Crippen LogP contribution in [0.2, 0.25) is 5.02 Å². The number of carbonyl (C=O) groups excluding carboxylic acids is 1. The number of ether oxygens (including phenoxy) is 2. The van der Waals surface area contributed by atoms with Gasteiger partial charge in [0.2, 0.25) is 0 Å². The fourth-order valence-electron chi connectivity index (χ4n) is 3.32. The maximum atomic E-state index is 11.9. The molecule has 0 spiro atoms. The number of rotatable bonds is 3. The van der Waals surface area contributed by atoms with Crippen LogP contribution in [0.4, 0.5) is 0 Å². The van der Waals surface area contributed by atoms with Crippen molar-refractivity contribution in [3.8, 4) is 11.4 Å². The Bertz CT molecular complexity index is 983. The molecule has 3 aromatic rings. The van der Waals surface area contributed by atoms with E-state index < -0.39 is 6.10 Å². The van der Waals surface area contributed by atoms with Gasteiger partial charge in [0.1, 0.15) is 5.75 Å². The number of thioether (sulfide) groups is 1. The molecule has 0 bridgehead atoms. The first-order valence-electron chi connectivity index (χ1n) is 8.52. The summed E-state index contributed by atoms with van der Waals surface area (Å²) in [7, 11) is 1.64. The van der Waals surface area contributed by atoms with E-state index in [2.05, 4.69) is 4.57 Å². The Morgan fingerprint density at radius 1 is 1.15 bits per heavy atom. The third kappa shape index (κ3) is 3.45. The van der Waals surface area contributed by atoms with Crippen LogP contribution < -0.4 is 4.74 Å². The number of hydrogen-bond acceptors (Lipinski definition) is 4. The van der Waals surface area contributed by atoms with Crippen LogP contribution in [-0.4, -0.2) is 17.6 Å². The van der Waals surface area contributed by atoms with Crippen LogP contribution in [0, 0.1) is 0 Å². The summed E-state index contributed by atoms with van der Waals surface area (Å²) in [5.74, 6) is 0.476. The molecule has 4 nitrogen and oxygen atoms in total. The number of nitrogens with zero attached hydrogens (tertiary/aromatic N) is 1. The van der Waals surface area contributed by atoms with Gasteiger partial charge < -0.3 is 14.0 Å². The zero-order valence-corrected chi connectivity index (χ0v) is 16.5. The fraction of sp³-hybridized carbons (Fsp3) is 0.190. The van der Waals surface area contributed by atoms with Crippen molar-refractivity contribution in [2.45, 2.75) is 23.2 Å². The Balaban J connectivity index is 1.88. The molecule has 0 aliphatic carbocycles. The van der Waals surface area contributed by atoms with Crippen molar-refractivity contribution in [2.75, 3.05) is 7.11 Å². The van der Waals surface area contributed by atoms with Crippen molar-refractivity contribution in [1.82, 2.24) is 4.57 Å². The third-order valence-corrected chi connectivity index (χ3v) is 6.11. The highest BCUT2D eigenvalue weighted by atomic mass is 35.5. The van der Waals surface area contributed by atoms with Crippen LogP contribution >= 0.6 is 23.4 Å². The lowest BCUT2D eigenvalue weighted by Crippen LogP contribution is -2.16. The average molecular weight is 400 g/mol. The van der Waals surface area contributed by atoms with Crippen LogP contribution in [0.5, 0.6) is 5.75 Å². The number of carbonyl (C=O) groups is 1. The molecule has 6 heteroatoms. The smallest absolute Gasteiger partial charge is 0.303 e. The largest absolute Gasteiger partial charge is 0.497 e. The SMILES string of the molecule is COc1ccc([C@H]2Sc3cc(Cl)ccc3-n3cccc3[C@@H]2OC(C)=O)cc1. The van der Waals surface area contributed by atoms with Crippen LogP contribution in [0.3, 0.4) is 0 Å². The van der Waals surface area contributed by atoms with Gasteiger partial charge in [-0.05, 0) is 48.0 Å². The molecule has 0 saturated heterocycles. The maximum absolute atomic E-state index is 11.9. The van der Waals surface area contributed by atoms with E-state index in [-0.39, 0.29) is 11.2 Å². The molecule has 1 aliphatic heterocycles. The quantitative estimate of drug-likeness (QED) is 0.538. The van der Waals surface area contributed by atoms with Gasteiger partial charge in [-0.15, -0.1) is 11.8 Å². The van der Waals surface area contributed by atoms with Crippen LogP contribution in [0.1, 0.15) is 29.5 Å².